The third-order valence-electron chi connectivity index (χ3n) is 7.35. The number of amides is 1. The molecule has 0 radical (unpaired) electrons. The van der Waals surface area contributed by atoms with Gasteiger partial charge in [0, 0.05) is 30.1 Å². The molecular formula is C28H37N3O4. The molecule has 7 heteroatoms. The van der Waals surface area contributed by atoms with Crippen molar-refractivity contribution in [3.8, 4) is 0 Å². The lowest BCUT2D eigenvalue weighted by Gasteiger charge is -2.35. The molecule has 1 atom stereocenters. The number of carboxylic acids is 1. The molecular weight excluding hydrogens is 442 g/mol. The van der Waals surface area contributed by atoms with E-state index in [4.69, 9.17) is 9.72 Å². The van der Waals surface area contributed by atoms with Gasteiger partial charge in [0.05, 0.1) is 17.4 Å². The van der Waals surface area contributed by atoms with Gasteiger partial charge >= 0.3 is 5.97 Å². The van der Waals surface area contributed by atoms with Crippen LogP contribution >= 0.6 is 0 Å². The largest absolute Gasteiger partial charge is 0.480 e. The Morgan fingerprint density at radius 1 is 1.14 bits per heavy atom. The number of carboxylic acid groups (broad SMARTS) is 1. The maximum Gasteiger partial charge on any atom is 0.326 e. The highest BCUT2D eigenvalue weighted by Crippen LogP contribution is 2.34. The van der Waals surface area contributed by atoms with E-state index in [1.54, 1.807) is 6.92 Å². The second-order valence-corrected chi connectivity index (χ2v) is 10.2. The molecule has 0 aromatic carbocycles. The number of nitrogens with zero attached hydrogens (tertiary/aromatic N) is 2. The number of carbonyl (C=O) groups is 2. The Morgan fingerprint density at radius 2 is 1.91 bits per heavy atom. The fraction of sp³-hybridized carbons (Fsp3) is 0.571. The first-order valence-electron chi connectivity index (χ1n) is 12.9. The third-order valence-corrected chi connectivity index (χ3v) is 7.35. The van der Waals surface area contributed by atoms with Gasteiger partial charge in [-0.15, -0.1) is 0 Å². The van der Waals surface area contributed by atoms with Crippen molar-refractivity contribution in [1.29, 1.82) is 0 Å². The Balaban J connectivity index is 1.18. The highest BCUT2D eigenvalue weighted by atomic mass is 16.5. The maximum atomic E-state index is 12.7. The Labute approximate surface area is 207 Å². The van der Waals surface area contributed by atoms with Gasteiger partial charge in [-0.3, -0.25) is 14.8 Å². The van der Waals surface area contributed by atoms with Crippen molar-refractivity contribution < 1.29 is 19.4 Å². The van der Waals surface area contributed by atoms with Crippen LogP contribution in [0.25, 0.3) is 0 Å². The zero-order valence-electron chi connectivity index (χ0n) is 21.1. The van der Waals surface area contributed by atoms with Crippen LogP contribution in [0.2, 0.25) is 0 Å². The standard InChI is InChI=1S/C28H37N3O4/c1-17-14-18(2)29-19(3)26(17)27(32)31-25(28(33)34)12-13-35-23-15-20(16-23)8-10-22-11-9-21-6-4-5-7-24(21)30-22/h9,11,14,20,23,25H,4-8,10,12-13,15-16H2,1-3H3,(H,31,32)(H,33,34). The first kappa shape index (κ1) is 25.3. The van der Waals surface area contributed by atoms with Crippen molar-refractivity contribution in [2.45, 2.75) is 90.7 Å². The summed E-state index contributed by atoms with van der Waals surface area (Å²) in [6.45, 7) is 5.78. The van der Waals surface area contributed by atoms with E-state index in [0.717, 1.165) is 43.4 Å². The molecule has 1 fully saturated rings. The summed E-state index contributed by atoms with van der Waals surface area (Å²) in [6.07, 6.45) is 9.34. The van der Waals surface area contributed by atoms with Crippen molar-refractivity contribution in [3.63, 3.8) is 0 Å². The lowest BCUT2D eigenvalue weighted by molar-refractivity contribution is -0.140. The molecule has 0 spiro atoms. The quantitative estimate of drug-likeness (QED) is 0.527. The Kier molecular flexibility index (Phi) is 8.16. The van der Waals surface area contributed by atoms with Crippen LogP contribution in [-0.2, 0) is 28.8 Å². The van der Waals surface area contributed by atoms with Crippen LogP contribution < -0.4 is 5.32 Å². The van der Waals surface area contributed by atoms with Crippen LogP contribution in [-0.4, -0.2) is 45.7 Å². The maximum absolute atomic E-state index is 12.7. The Hall–Kier alpha value is -2.80. The lowest BCUT2D eigenvalue weighted by atomic mass is 9.79. The first-order valence-corrected chi connectivity index (χ1v) is 12.9. The summed E-state index contributed by atoms with van der Waals surface area (Å²) in [5.41, 5.74) is 6.59. The first-order chi connectivity index (χ1) is 16.8. The smallest absolute Gasteiger partial charge is 0.326 e. The van der Waals surface area contributed by atoms with E-state index in [1.807, 2.05) is 19.9 Å². The minimum absolute atomic E-state index is 0.174. The zero-order chi connectivity index (χ0) is 24.9. The number of hydrogen-bond donors (Lipinski definition) is 2. The highest BCUT2D eigenvalue weighted by molar-refractivity contribution is 5.98. The van der Waals surface area contributed by atoms with Crippen LogP contribution in [0.4, 0.5) is 0 Å². The molecule has 4 rings (SSSR count). The van der Waals surface area contributed by atoms with Crippen LogP contribution in [0.15, 0.2) is 18.2 Å². The van der Waals surface area contributed by atoms with Crippen molar-refractivity contribution >= 4 is 11.9 Å². The van der Waals surface area contributed by atoms with Gasteiger partial charge in [-0.1, -0.05) is 6.07 Å². The minimum Gasteiger partial charge on any atom is -0.480 e. The van der Waals surface area contributed by atoms with E-state index in [0.29, 0.717) is 23.8 Å². The van der Waals surface area contributed by atoms with Crippen LogP contribution in [0, 0.1) is 26.7 Å². The molecule has 1 unspecified atom stereocenters. The van der Waals surface area contributed by atoms with Gasteiger partial charge in [0.15, 0.2) is 0 Å². The number of ether oxygens (including phenoxy) is 1. The van der Waals surface area contributed by atoms with Gasteiger partial charge in [0.2, 0.25) is 0 Å². The van der Waals surface area contributed by atoms with Gasteiger partial charge in [0.1, 0.15) is 6.04 Å². The molecule has 2 aromatic heterocycles. The van der Waals surface area contributed by atoms with Crippen molar-refractivity contribution in [2.24, 2.45) is 5.92 Å². The molecule has 2 aromatic rings. The Bertz CT molecular complexity index is 1050. The number of aliphatic carboxylic acids is 1. The van der Waals surface area contributed by atoms with Crippen LogP contribution in [0.5, 0.6) is 0 Å². The predicted molar refractivity (Wildman–Crippen MR) is 134 cm³/mol. The Morgan fingerprint density at radius 3 is 2.66 bits per heavy atom. The van der Waals surface area contributed by atoms with Crippen LogP contribution in [0.3, 0.4) is 0 Å². The monoisotopic (exact) mass is 479 g/mol. The normalized spacial score (nSPS) is 20.0. The lowest BCUT2D eigenvalue weighted by Crippen LogP contribution is -2.42. The number of pyridine rings is 2. The number of hydrogen-bond acceptors (Lipinski definition) is 5. The fourth-order valence-corrected chi connectivity index (χ4v) is 5.37. The molecule has 188 valence electrons. The summed E-state index contributed by atoms with van der Waals surface area (Å²) >= 11 is 0. The number of carbonyl (C=O) groups excluding carboxylic acids is 1. The zero-order valence-corrected chi connectivity index (χ0v) is 21.1. The third kappa shape index (κ3) is 6.45. The second-order valence-electron chi connectivity index (χ2n) is 10.2. The van der Waals surface area contributed by atoms with Gasteiger partial charge < -0.3 is 15.2 Å². The molecule has 1 saturated carbocycles. The second kappa shape index (κ2) is 11.3. The number of fused-ring (bicyclic) bond motifs is 1. The average molecular weight is 480 g/mol. The number of aromatic nitrogens is 2. The van der Waals surface area contributed by atoms with Gasteiger partial charge in [-0.25, -0.2) is 4.79 Å². The predicted octanol–water partition coefficient (Wildman–Crippen LogP) is 4.28. The number of nitrogens with one attached hydrogen (secondary N) is 1. The van der Waals surface area contributed by atoms with Crippen LogP contribution in [0.1, 0.15) is 82.8 Å². The molecule has 2 aliphatic rings. The molecule has 35 heavy (non-hydrogen) atoms. The van der Waals surface area contributed by atoms with Crippen molar-refractivity contribution in [2.75, 3.05) is 6.61 Å². The van der Waals surface area contributed by atoms with Gasteiger partial charge in [-0.05, 0) is 101 Å². The van der Waals surface area contributed by atoms with E-state index in [9.17, 15) is 14.7 Å². The summed E-state index contributed by atoms with van der Waals surface area (Å²) in [6, 6.07) is 5.29. The topological polar surface area (TPSA) is 101 Å². The summed E-state index contributed by atoms with van der Waals surface area (Å²) in [4.78, 5) is 33.7. The average Bonchev–Trinajstić information content (AvgIpc) is 2.78. The number of aryl methyl sites for hydroxylation is 6. The highest BCUT2D eigenvalue weighted by Gasteiger charge is 2.30. The summed E-state index contributed by atoms with van der Waals surface area (Å²) in [5, 5.41) is 12.2. The molecule has 2 N–H and O–H groups in total. The van der Waals surface area contributed by atoms with E-state index < -0.39 is 17.9 Å². The van der Waals surface area contributed by atoms with Crippen molar-refractivity contribution in [3.05, 3.63) is 57.7 Å². The molecule has 0 aliphatic heterocycles. The van der Waals surface area contributed by atoms with Gasteiger partial charge in [0.25, 0.3) is 5.91 Å². The van der Waals surface area contributed by atoms with Gasteiger partial charge in [-0.2, -0.15) is 0 Å². The molecule has 0 saturated heterocycles. The summed E-state index contributed by atoms with van der Waals surface area (Å²) in [7, 11) is 0. The molecule has 7 nitrogen and oxygen atoms in total. The van der Waals surface area contributed by atoms with E-state index in [1.165, 1.54) is 36.2 Å². The molecule has 2 heterocycles. The SMILES string of the molecule is Cc1cc(C)c(C(=O)NC(CCOC2CC(CCc3ccc4c(n3)CCCC4)C2)C(=O)O)c(C)n1. The molecule has 1 amide bonds. The number of rotatable bonds is 10. The van der Waals surface area contributed by atoms with Crippen molar-refractivity contribution in [1.82, 2.24) is 15.3 Å². The summed E-state index contributed by atoms with van der Waals surface area (Å²) in [5.74, 6) is -0.825. The van der Waals surface area contributed by atoms with E-state index >= 15 is 0 Å². The fourth-order valence-electron chi connectivity index (χ4n) is 5.37. The minimum atomic E-state index is -1.05. The molecule has 2 aliphatic carbocycles. The molecule has 0 bridgehead atoms. The van der Waals surface area contributed by atoms with E-state index in [2.05, 4.69) is 22.4 Å². The summed E-state index contributed by atoms with van der Waals surface area (Å²) < 4.78 is 5.92. The van der Waals surface area contributed by atoms with E-state index in [-0.39, 0.29) is 12.5 Å².